The van der Waals surface area contributed by atoms with E-state index in [0.717, 1.165) is 0 Å². The minimum Gasteiger partial charge on any atom is -0.481 e. The summed E-state index contributed by atoms with van der Waals surface area (Å²) in [7, 11) is 1.75. The molecule has 0 radical (unpaired) electrons. The van der Waals surface area contributed by atoms with Crippen molar-refractivity contribution < 1.29 is 18.3 Å². The largest absolute Gasteiger partial charge is 0.481 e. The number of aromatic nitrogens is 2. The lowest BCUT2D eigenvalue weighted by atomic mass is 10.1. The van der Waals surface area contributed by atoms with Crippen molar-refractivity contribution in [3.8, 4) is 5.75 Å². The van der Waals surface area contributed by atoms with Crippen LogP contribution in [0.25, 0.3) is 0 Å². The van der Waals surface area contributed by atoms with E-state index in [1.165, 1.54) is 24.3 Å². The Labute approximate surface area is 149 Å². The summed E-state index contributed by atoms with van der Waals surface area (Å²) in [4.78, 5) is 16.5. The molecule has 1 amide bonds. The molecule has 0 saturated carbocycles. The number of nitrogens with one attached hydrogen (secondary N) is 1. The molecule has 0 bridgehead atoms. The first kappa shape index (κ1) is 17.6. The van der Waals surface area contributed by atoms with Gasteiger partial charge in [-0.3, -0.25) is 4.79 Å². The first-order valence-corrected chi connectivity index (χ1v) is 7.94. The number of carbonyl (C=O) groups excluding carboxylic acids is 1. The predicted molar refractivity (Wildman–Crippen MR) is 91.5 cm³/mol. The maximum atomic E-state index is 14.2. The summed E-state index contributed by atoms with van der Waals surface area (Å²) in [5, 5.41) is 2.70. The minimum atomic E-state index is -0.798. The molecule has 134 valence electrons. The number of halogens is 2. The van der Waals surface area contributed by atoms with Gasteiger partial charge in [0, 0.05) is 25.0 Å². The summed E-state index contributed by atoms with van der Waals surface area (Å²) < 4.78 is 34.7. The van der Waals surface area contributed by atoms with Crippen LogP contribution in [0.3, 0.4) is 0 Å². The molecule has 0 aliphatic carbocycles. The summed E-state index contributed by atoms with van der Waals surface area (Å²) in [6.07, 6.45) is 3.26. The Hall–Kier alpha value is -3.22. The van der Waals surface area contributed by atoms with Crippen LogP contribution >= 0.6 is 0 Å². The van der Waals surface area contributed by atoms with Gasteiger partial charge in [0.1, 0.15) is 17.7 Å². The van der Waals surface area contributed by atoms with Crippen molar-refractivity contribution in [1.82, 2.24) is 14.9 Å². The molecular formula is C19H17F2N3O2. The fourth-order valence-corrected chi connectivity index (χ4v) is 2.55. The lowest BCUT2D eigenvalue weighted by Crippen LogP contribution is -2.35. The molecule has 1 heterocycles. The minimum absolute atomic E-state index is 0.0258. The maximum absolute atomic E-state index is 14.2. The molecule has 7 heteroatoms. The zero-order valence-electron chi connectivity index (χ0n) is 14.0. The molecule has 1 N–H and O–H groups in total. The van der Waals surface area contributed by atoms with E-state index in [2.05, 4.69) is 10.3 Å². The van der Waals surface area contributed by atoms with E-state index in [-0.39, 0.29) is 11.3 Å². The van der Waals surface area contributed by atoms with Crippen LogP contribution in [0.15, 0.2) is 60.9 Å². The van der Waals surface area contributed by atoms with Crippen molar-refractivity contribution in [2.24, 2.45) is 7.05 Å². The molecule has 0 unspecified atom stereocenters. The maximum Gasteiger partial charge on any atom is 0.258 e. The molecule has 3 rings (SSSR count). The van der Waals surface area contributed by atoms with Crippen molar-refractivity contribution in [2.75, 3.05) is 6.61 Å². The molecule has 0 aliphatic rings. The molecule has 0 aliphatic heterocycles. The number of ether oxygens (including phenoxy) is 1. The summed E-state index contributed by atoms with van der Waals surface area (Å²) in [6.45, 7) is -0.406. The topological polar surface area (TPSA) is 56.2 Å². The fraction of sp³-hybridized carbons (Fsp3) is 0.158. The van der Waals surface area contributed by atoms with Gasteiger partial charge in [-0.2, -0.15) is 0 Å². The molecule has 26 heavy (non-hydrogen) atoms. The highest BCUT2D eigenvalue weighted by molar-refractivity contribution is 5.78. The van der Waals surface area contributed by atoms with Gasteiger partial charge in [0.2, 0.25) is 0 Å². The van der Waals surface area contributed by atoms with Crippen LogP contribution in [0.4, 0.5) is 8.78 Å². The van der Waals surface area contributed by atoms with Crippen LogP contribution in [-0.4, -0.2) is 22.1 Å². The van der Waals surface area contributed by atoms with Crippen molar-refractivity contribution >= 4 is 5.91 Å². The molecular weight excluding hydrogens is 340 g/mol. The highest BCUT2D eigenvalue weighted by Crippen LogP contribution is 2.23. The second-order valence-corrected chi connectivity index (χ2v) is 5.64. The van der Waals surface area contributed by atoms with Gasteiger partial charge in [-0.05, 0) is 18.2 Å². The summed E-state index contributed by atoms with van der Waals surface area (Å²) in [5.41, 5.74) is 0.279. The van der Waals surface area contributed by atoms with E-state index in [1.807, 2.05) is 0 Å². The number of benzene rings is 2. The third-order valence-corrected chi connectivity index (χ3v) is 3.83. The monoisotopic (exact) mass is 357 g/mol. The fourth-order valence-electron chi connectivity index (χ4n) is 2.55. The Morgan fingerprint density at radius 1 is 1.15 bits per heavy atom. The van der Waals surface area contributed by atoms with E-state index in [9.17, 15) is 13.6 Å². The Morgan fingerprint density at radius 2 is 1.85 bits per heavy atom. The molecule has 0 fully saturated rings. The lowest BCUT2D eigenvalue weighted by Gasteiger charge is -2.20. The van der Waals surface area contributed by atoms with Gasteiger partial charge in [0.15, 0.2) is 18.2 Å². The second kappa shape index (κ2) is 7.77. The Bertz CT molecular complexity index is 911. The van der Waals surface area contributed by atoms with Crippen molar-refractivity contribution in [3.63, 3.8) is 0 Å². The first-order valence-electron chi connectivity index (χ1n) is 7.94. The SMILES string of the molecule is Cn1ccnc1[C@@H](NC(=O)COc1ccccc1F)c1ccccc1F. The van der Waals surface area contributed by atoms with Crippen molar-refractivity contribution in [3.05, 3.63) is 83.9 Å². The van der Waals surface area contributed by atoms with Gasteiger partial charge in [0.05, 0.1) is 0 Å². The summed E-state index contributed by atoms with van der Waals surface area (Å²) >= 11 is 0. The molecule has 0 spiro atoms. The highest BCUT2D eigenvalue weighted by atomic mass is 19.1. The predicted octanol–water partition coefficient (Wildman–Crippen LogP) is 2.98. The molecule has 2 aromatic carbocycles. The number of hydrogen-bond donors (Lipinski definition) is 1. The Kier molecular flexibility index (Phi) is 5.26. The molecule has 0 saturated heterocycles. The van der Waals surface area contributed by atoms with Crippen LogP contribution in [0.5, 0.6) is 5.75 Å². The number of para-hydroxylation sites is 1. The van der Waals surface area contributed by atoms with Gasteiger partial charge in [-0.25, -0.2) is 13.8 Å². The molecule has 5 nitrogen and oxygen atoms in total. The number of carbonyl (C=O) groups is 1. The third kappa shape index (κ3) is 3.88. The summed E-state index contributed by atoms with van der Waals surface area (Å²) in [5.74, 6) is -1.10. The molecule has 3 aromatic rings. The van der Waals surface area contributed by atoms with Crippen molar-refractivity contribution in [1.29, 1.82) is 0 Å². The van der Waals surface area contributed by atoms with Gasteiger partial charge < -0.3 is 14.6 Å². The number of amides is 1. The van der Waals surface area contributed by atoms with Crippen molar-refractivity contribution in [2.45, 2.75) is 6.04 Å². The van der Waals surface area contributed by atoms with Gasteiger partial charge >= 0.3 is 0 Å². The first-order chi connectivity index (χ1) is 12.6. The van der Waals surface area contributed by atoms with E-state index in [0.29, 0.717) is 5.82 Å². The average Bonchev–Trinajstić information content (AvgIpc) is 3.05. The second-order valence-electron chi connectivity index (χ2n) is 5.64. The zero-order chi connectivity index (χ0) is 18.5. The highest BCUT2D eigenvalue weighted by Gasteiger charge is 2.23. The van der Waals surface area contributed by atoms with Gasteiger partial charge in [-0.15, -0.1) is 0 Å². The van der Waals surface area contributed by atoms with Crippen LogP contribution in [-0.2, 0) is 11.8 Å². The number of imidazole rings is 1. The van der Waals surface area contributed by atoms with E-state index < -0.39 is 30.2 Å². The smallest absolute Gasteiger partial charge is 0.258 e. The Balaban J connectivity index is 1.78. The Morgan fingerprint density at radius 3 is 2.50 bits per heavy atom. The number of hydrogen-bond acceptors (Lipinski definition) is 3. The van der Waals surface area contributed by atoms with Crippen LogP contribution in [0.2, 0.25) is 0 Å². The standard InChI is InChI=1S/C19H17F2N3O2/c1-24-11-10-22-19(24)18(13-6-2-3-7-14(13)20)23-17(25)12-26-16-9-5-4-8-15(16)21/h2-11,18H,12H2,1H3,(H,23,25)/t18-/m0/s1. The number of aryl methyl sites for hydroxylation is 1. The number of nitrogens with zero attached hydrogens (tertiary/aromatic N) is 2. The van der Waals surface area contributed by atoms with E-state index >= 15 is 0 Å². The summed E-state index contributed by atoms with van der Waals surface area (Å²) in [6, 6.07) is 11.1. The molecule has 1 atom stereocenters. The van der Waals surface area contributed by atoms with E-state index in [1.54, 1.807) is 48.3 Å². The van der Waals surface area contributed by atoms with Gasteiger partial charge in [-0.1, -0.05) is 30.3 Å². The van der Waals surface area contributed by atoms with Gasteiger partial charge in [0.25, 0.3) is 5.91 Å². The zero-order valence-corrected chi connectivity index (χ0v) is 14.0. The van der Waals surface area contributed by atoms with Crippen LogP contribution in [0, 0.1) is 11.6 Å². The van der Waals surface area contributed by atoms with Crippen LogP contribution < -0.4 is 10.1 Å². The van der Waals surface area contributed by atoms with E-state index in [4.69, 9.17) is 4.74 Å². The number of rotatable bonds is 6. The molecule has 1 aromatic heterocycles. The van der Waals surface area contributed by atoms with Crippen LogP contribution in [0.1, 0.15) is 17.4 Å². The third-order valence-electron chi connectivity index (χ3n) is 3.83. The quantitative estimate of drug-likeness (QED) is 0.738. The average molecular weight is 357 g/mol. The normalized spacial score (nSPS) is 11.8. The lowest BCUT2D eigenvalue weighted by molar-refractivity contribution is -0.123.